The van der Waals surface area contributed by atoms with E-state index in [1.54, 1.807) is 0 Å². The highest BCUT2D eigenvalue weighted by molar-refractivity contribution is 14.0. The molecule has 1 atom stereocenters. The minimum absolute atomic E-state index is 0. The Kier molecular flexibility index (Phi) is 14.2. The topological polar surface area (TPSA) is 48.9 Å². The van der Waals surface area contributed by atoms with Crippen LogP contribution in [-0.2, 0) is 11.3 Å². The zero-order valence-corrected chi connectivity index (χ0v) is 20.1. The van der Waals surface area contributed by atoms with E-state index in [4.69, 9.17) is 4.74 Å². The van der Waals surface area contributed by atoms with Gasteiger partial charge in [-0.2, -0.15) is 0 Å². The van der Waals surface area contributed by atoms with Crippen molar-refractivity contribution in [2.45, 2.75) is 45.6 Å². The van der Waals surface area contributed by atoms with Crippen molar-refractivity contribution in [2.24, 2.45) is 10.9 Å². The quantitative estimate of drug-likeness (QED) is 0.206. The molecule has 156 valence electrons. The number of hydrogen-bond donors (Lipinski definition) is 2. The molecule has 1 unspecified atom stereocenters. The molecule has 0 bridgehead atoms. The van der Waals surface area contributed by atoms with Crippen molar-refractivity contribution in [3.05, 3.63) is 22.4 Å². The lowest BCUT2D eigenvalue weighted by Gasteiger charge is -2.32. The Bertz CT molecular complexity index is 498. The van der Waals surface area contributed by atoms with E-state index >= 15 is 0 Å². The van der Waals surface area contributed by atoms with Crippen LogP contribution in [0.15, 0.2) is 22.5 Å². The van der Waals surface area contributed by atoms with Gasteiger partial charge >= 0.3 is 0 Å². The van der Waals surface area contributed by atoms with Crippen LogP contribution in [0.25, 0.3) is 0 Å². The average Bonchev–Trinajstić information content (AvgIpc) is 3.17. The molecule has 0 radical (unpaired) electrons. The maximum atomic E-state index is 5.59. The van der Waals surface area contributed by atoms with Gasteiger partial charge in [-0.1, -0.05) is 19.4 Å². The number of rotatable bonds is 11. The molecule has 0 aliphatic carbocycles. The minimum Gasteiger partial charge on any atom is -0.381 e. The van der Waals surface area contributed by atoms with Crippen LogP contribution < -0.4 is 10.6 Å². The van der Waals surface area contributed by atoms with E-state index in [2.05, 4.69) is 45.0 Å². The van der Waals surface area contributed by atoms with Crippen molar-refractivity contribution in [1.82, 2.24) is 15.5 Å². The lowest BCUT2D eigenvalue weighted by Crippen LogP contribution is -2.44. The van der Waals surface area contributed by atoms with E-state index in [9.17, 15) is 0 Å². The van der Waals surface area contributed by atoms with E-state index in [-0.39, 0.29) is 24.0 Å². The molecule has 0 saturated carbocycles. The second kappa shape index (κ2) is 15.5. The van der Waals surface area contributed by atoms with Gasteiger partial charge in [0.25, 0.3) is 0 Å². The number of aliphatic imine (C=N–C) groups is 1. The van der Waals surface area contributed by atoms with Gasteiger partial charge in [0.15, 0.2) is 5.96 Å². The van der Waals surface area contributed by atoms with Crippen molar-refractivity contribution in [3.8, 4) is 0 Å². The Morgan fingerprint density at radius 2 is 2.19 bits per heavy atom. The first-order valence-corrected chi connectivity index (χ1v) is 11.0. The van der Waals surface area contributed by atoms with Gasteiger partial charge in [-0.15, -0.1) is 35.3 Å². The Morgan fingerprint density at radius 3 is 2.93 bits per heavy atom. The van der Waals surface area contributed by atoms with E-state index in [1.165, 1.54) is 37.2 Å². The smallest absolute Gasteiger partial charge is 0.190 e. The predicted molar refractivity (Wildman–Crippen MR) is 127 cm³/mol. The SMILES string of the molecule is CCCCOCCCNC(=NC)NCC1CCCN(Cc2cccs2)C1.I. The number of thiophene rings is 1. The molecule has 2 N–H and O–H groups in total. The van der Waals surface area contributed by atoms with Crippen molar-refractivity contribution < 1.29 is 4.74 Å². The van der Waals surface area contributed by atoms with Gasteiger partial charge in [-0.3, -0.25) is 9.89 Å². The Balaban J connectivity index is 0.00000364. The largest absolute Gasteiger partial charge is 0.381 e. The third-order valence-corrected chi connectivity index (χ3v) is 5.61. The molecule has 0 spiro atoms. The molecule has 1 aliphatic heterocycles. The summed E-state index contributed by atoms with van der Waals surface area (Å²) in [5.74, 6) is 1.61. The second-order valence-corrected chi connectivity index (χ2v) is 8.05. The van der Waals surface area contributed by atoms with Gasteiger partial charge in [0.05, 0.1) is 0 Å². The Morgan fingerprint density at radius 1 is 1.33 bits per heavy atom. The summed E-state index contributed by atoms with van der Waals surface area (Å²) in [6.07, 6.45) is 5.96. The number of piperidine rings is 1. The highest BCUT2D eigenvalue weighted by Crippen LogP contribution is 2.19. The third kappa shape index (κ3) is 10.7. The van der Waals surface area contributed by atoms with Gasteiger partial charge < -0.3 is 15.4 Å². The number of hydrogen-bond acceptors (Lipinski definition) is 4. The first-order valence-electron chi connectivity index (χ1n) is 10.1. The fourth-order valence-electron chi connectivity index (χ4n) is 3.28. The molecule has 0 amide bonds. The highest BCUT2D eigenvalue weighted by atomic mass is 127. The molecule has 27 heavy (non-hydrogen) atoms. The predicted octanol–water partition coefficient (Wildman–Crippen LogP) is 3.95. The number of likely N-dealkylation sites (tertiary alicyclic amines) is 1. The van der Waals surface area contributed by atoms with Gasteiger partial charge in [0.2, 0.25) is 0 Å². The molecule has 1 aromatic heterocycles. The van der Waals surface area contributed by atoms with Crippen molar-refractivity contribution in [2.75, 3.05) is 46.4 Å². The molecule has 2 heterocycles. The summed E-state index contributed by atoms with van der Waals surface area (Å²) in [4.78, 5) is 8.40. The number of ether oxygens (including phenoxy) is 1. The number of guanidine groups is 1. The van der Waals surface area contributed by atoms with Crippen LogP contribution in [0.5, 0.6) is 0 Å². The minimum atomic E-state index is 0. The lowest BCUT2D eigenvalue weighted by atomic mass is 9.98. The third-order valence-electron chi connectivity index (χ3n) is 4.74. The molecule has 1 aliphatic rings. The number of halogens is 1. The molecule has 1 fully saturated rings. The van der Waals surface area contributed by atoms with E-state index < -0.39 is 0 Å². The summed E-state index contributed by atoms with van der Waals surface area (Å²) in [7, 11) is 1.84. The number of unbranched alkanes of at least 4 members (excludes halogenated alkanes) is 1. The van der Waals surface area contributed by atoms with E-state index in [1.807, 2.05) is 18.4 Å². The molecule has 1 saturated heterocycles. The van der Waals surface area contributed by atoms with Gasteiger partial charge in [0, 0.05) is 51.3 Å². The first kappa shape index (κ1) is 24.7. The van der Waals surface area contributed by atoms with Crippen LogP contribution in [-0.4, -0.2) is 57.3 Å². The zero-order valence-electron chi connectivity index (χ0n) is 16.9. The molecule has 0 aromatic carbocycles. The normalized spacial score (nSPS) is 18.1. The molecule has 7 heteroatoms. The van der Waals surface area contributed by atoms with Gasteiger partial charge in [-0.05, 0) is 49.6 Å². The second-order valence-electron chi connectivity index (χ2n) is 7.02. The first-order chi connectivity index (χ1) is 12.8. The van der Waals surface area contributed by atoms with Gasteiger partial charge in [0.1, 0.15) is 0 Å². The molecular weight excluding hydrogens is 471 g/mol. The monoisotopic (exact) mass is 508 g/mol. The standard InChI is InChI=1S/C20H36N4OS.HI/c1-3-4-12-25-13-7-10-22-20(21-2)23-15-18-8-5-11-24(16-18)17-19-9-6-14-26-19;/h6,9,14,18H,3-5,7-8,10-13,15-17H2,1-2H3,(H2,21,22,23);1H. The van der Waals surface area contributed by atoms with Crippen LogP contribution in [0.2, 0.25) is 0 Å². The molecule has 5 nitrogen and oxygen atoms in total. The van der Waals surface area contributed by atoms with Crippen LogP contribution >= 0.6 is 35.3 Å². The molecule has 2 rings (SSSR count). The zero-order chi connectivity index (χ0) is 18.5. The number of nitrogens with one attached hydrogen (secondary N) is 2. The van der Waals surface area contributed by atoms with Crippen molar-refractivity contribution in [1.29, 1.82) is 0 Å². The summed E-state index contributed by atoms with van der Waals surface area (Å²) >= 11 is 1.86. The van der Waals surface area contributed by atoms with Crippen LogP contribution in [0.4, 0.5) is 0 Å². The summed E-state index contributed by atoms with van der Waals surface area (Å²) in [6.45, 7) is 9.28. The van der Waals surface area contributed by atoms with Gasteiger partial charge in [-0.25, -0.2) is 0 Å². The van der Waals surface area contributed by atoms with Crippen LogP contribution in [0.3, 0.4) is 0 Å². The summed E-state index contributed by atoms with van der Waals surface area (Å²) in [6, 6.07) is 4.39. The molecular formula is C20H37IN4OS. The average molecular weight is 509 g/mol. The van der Waals surface area contributed by atoms with E-state index in [0.717, 1.165) is 51.6 Å². The highest BCUT2D eigenvalue weighted by Gasteiger charge is 2.20. The lowest BCUT2D eigenvalue weighted by molar-refractivity contribution is 0.129. The fourth-order valence-corrected chi connectivity index (χ4v) is 4.02. The Hall–Kier alpha value is -0.380. The fraction of sp³-hybridized carbons (Fsp3) is 0.750. The summed E-state index contributed by atoms with van der Waals surface area (Å²) < 4.78 is 5.59. The summed E-state index contributed by atoms with van der Waals surface area (Å²) in [5, 5.41) is 9.07. The van der Waals surface area contributed by atoms with Crippen LogP contribution in [0.1, 0.15) is 43.9 Å². The Labute approximate surface area is 186 Å². The maximum absolute atomic E-state index is 5.59. The van der Waals surface area contributed by atoms with Crippen LogP contribution in [0, 0.1) is 5.92 Å². The van der Waals surface area contributed by atoms with Crippen molar-refractivity contribution >= 4 is 41.3 Å². The number of nitrogens with zero attached hydrogens (tertiary/aromatic N) is 2. The van der Waals surface area contributed by atoms with Crippen molar-refractivity contribution in [3.63, 3.8) is 0 Å². The van der Waals surface area contributed by atoms with E-state index in [0.29, 0.717) is 5.92 Å². The molecule has 1 aromatic rings. The summed E-state index contributed by atoms with van der Waals surface area (Å²) in [5.41, 5.74) is 0. The maximum Gasteiger partial charge on any atom is 0.190 e.